The van der Waals surface area contributed by atoms with Gasteiger partial charge in [-0.15, -0.1) is 10.2 Å². The second-order valence-corrected chi connectivity index (χ2v) is 5.00. The normalized spacial score (nSPS) is 10.9. The van der Waals surface area contributed by atoms with Crippen LogP contribution in [0.3, 0.4) is 0 Å². The molecule has 0 saturated carbocycles. The van der Waals surface area contributed by atoms with E-state index in [2.05, 4.69) is 31.1 Å². The zero-order valence-corrected chi connectivity index (χ0v) is 12.2. The molecule has 7 heteroatoms. The van der Waals surface area contributed by atoms with E-state index in [9.17, 15) is 0 Å². The molecule has 0 spiro atoms. The van der Waals surface area contributed by atoms with Gasteiger partial charge < -0.3 is 4.74 Å². The first-order valence-corrected chi connectivity index (χ1v) is 6.57. The standard InChI is InChI=1S/C12H8BrClN4O/c1-19-9-3-2-7(6-8(9)13)11-16-17-12-10(14)15-4-5-18(11)12/h2-6H,1H3. The Morgan fingerprint density at radius 3 is 2.89 bits per heavy atom. The van der Waals surface area contributed by atoms with Gasteiger partial charge in [-0.1, -0.05) is 11.6 Å². The molecule has 19 heavy (non-hydrogen) atoms. The van der Waals surface area contributed by atoms with E-state index in [-0.39, 0.29) is 0 Å². The fourth-order valence-electron chi connectivity index (χ4n) is 1.80. The van der Waals surface area contributed by atoms with Crippen molar-refractivity contribution in [3.63, 3.8) is 0 Å². The number of hydrogen-bond acceptors (Lipinski definition) is 4. The number of ether oxygens (including phenoxy) is 1. The fraction of sp³-hybridized carbons (Fsp3) is 0.0833. The molecule has 2 heterocycles. The lowest BCUT2D eigenvalue weighted by Crippen LogP contribution is -1.92. The zero-order chi connectivity index (χ0) is 13.4. The average molecular weight is 340 g/mol. The molecule has 1 aromatic carbocycles. The molecular formula is C12H8BrClN4O. The molecule has 3 aromatic rings. The number of benzene rings is 1. The molecule has 0 bridgehead atoms. The van der Waals surface area contributed by atoms with Gasteiger partial charge in [0.2, 0.25) is 0 Å². The lowest BCUT2D eigenvalue weighted by molar-refractivity contribution is 0.412. The molecule has 0 aliphatic rings. The van der Waals surface area contributed by atoms with E-state index in [1.165, 1.54) is 0 Å². The fourth-order valence-corrected chi connectivity index (χ4v) is 2.52. The van der Waals surface area contributed by atoms with Crippen LogP contribution < -0.4 is 4.74 Å². The van der Waals surface area contributed by atoms with Gasteiger partial charge in [0.05, 0.1) is 11.6 Å². The Labute approximate surface area is 122 Å². The van der Waals surface area contributed by atoms with Crippen LogP contribution in [0.15, 0.2) is 35.1 Å². The summed E-state index contributed by atoms with van der Waals surface area (Å²) in [7, 11) is 1.62. The Kier molecular flexibility index (Phi) is 3.12. The van der Waals surface area contributed by atoms with Crippen LogP contribution in [-0.4, -0.2) is 26.7 Å². The molecule has 0 radical (unpaired) electrons. The average Bonchev–Trinajstić information content (AvgIpc) is 2.84. The minimum absolute atomic E-state index is 0.328. The van der Waals surface area contributed by atoms with E-state index in [0.29, 0.717) is 16.6 Å². The van der Waals surface area contributed by atoms with Crippen LogP contribution in [0.2, 0.25) is 5.15 Å². The third-order valence-corrected chi connectivity index (χ3v) is 3.58. The van der Waals surface area contributed by atoms with E-state index in [4.69, 9.17) is 16.3 Å². The smallest absolute Gasteiger partial charge is 0.198 e. The van der Waals surface area contributed by atoms with Crippen molar-refractivity contribution < 1.29 is 4.74 Å². The van der Waals surface area contributed by atoms with Gasteiger partial charge in [0.15, 0.2) is 16.6 Å². The number of hydrogen-bond donors (Lipinski definition) is 0. The SMILES string of the molecule is COc1ccc(-c2nnc3c(Cl)nccn23)cc1Br. The maximum absolute atomic E-state index is 5.97. The van der Waals surface area contributed by atoms with Crippen molar-refractivity contribution in [2.75, 3.05) is 7.11 Å². The molecule has 0 fully saturated rings. The van der Waals surface area contributed by atoms with Crippen molar-refractivity contribution in [3.8, 4) is 17.1 Å². The van der Waals surface area contributed by atoms with Crippen molar-refractivity contribution in [1.82, 2.24) is 19.6 Å². The van der Waals surface area contributed by atoms with Gasteiger partial charge in [-0.05, 0) is 34.1 Å². The highest BCUT2D eigenvalue weighted by Gasteiger charge is 2.12. The van der Waals surface area contributed by atoms with Crippen molar-refractivity contribution in [3.05, 3.63) is 40.2 Å². The molecule has 0 atom stereocenters. The number of fused-ring (bicyclic) bond motifs is 1. The monoisotopic (exact) mass is 338 g/mol. The summed E-state index contributed by atoms with van der Waals surface area (Å²) >= 11 is 9.42. The van der Waals surface area contributed by atoms with E-state index >= 15 is 0 Å². The highest BCUT2D eigenvalue weighted by molar-refractivity contribution is 9.10. The van der Waals surface area contributed by atoms with Crippen LogP contribution in [0.4, 0.5) is 0 Å². The van der Waals surface area contributed by atoms with Gasteiger partial charge in [0.25, 0.3) is 0 Å². The van der Waals surface area contributed by atoms with E-state index in [0.717, 1.165) is 15.8 Å². The number of halogens is 2. The van der Waals surface area contributed by atoms with Gasteiger partial charge in [-0.2, -0.15) is 0 Å². The highest BCUT2D eigenvalue weighted by Crippen LogP contribution is 2.30. The van der Waals surface area contributed by atoms with E-state index in [1.54, 1.807) is 23.9 Å². The quantitative estimate of drug-likeness (QED) is 0.719. The molecule has 0 amide bonds. The minimum Gasteiger partial charge on any atom is -0.496 e. The predicted molar refractivity (Wildman–Crippen MR) is 75.5 cm³/mol. The first-order valence-electron chi connectivity index (χ1n) is 5.40. The Balaban J connectivity index is 2.19. The third-order valence-electron chi connectivity index (χ3n) is 2.69. The molecule has 2 aromatic heterocycles. The molecule has 96 valence electrons. The topological polar surface area (TPSA) is 52.3 Å². The molecule has 0 aliphatic heterocycles. The molecular weight excluding hydrogens is 332 g/mol. The second-order valence-electron chi connectivity index (χ2n) is 3.78. The largest absolute Gasteiger partial charge is 0.496 e. The lowest BCUT2D eigenvalue weighted by atomic mass is 10.2. The van der Waals surface area contributed by atoms with Gasteiger partial charge in [-0.25, -0.2) is 4.98 Å². The summed E-state index contributed by atoms with van der Waals surface area (Å²) in [5.41, 5.74) is 1.44. The summed E-state index contributed by atoms with van der Waals surface area (Å²) < 4.78 is 7.85. The number of rotatable bonds is 2. The maximum atomic E-state index is 5.97. The summed E-state index contributed by atoms with van der Waals surface area (Å²) in [5, 5.41) is 8.52. The summed E-state index contributed by atoms with van der Waals surface area (Å²) in [6.45, 7) is 0. The van der Waals surface area contributed by atoms with Crippen molar-refractivity contribution in [2.45, 2.75) is 0 Å². The minimum atomic E-state index is 0.328. The van der Waals surface area contributed by atoms with Crippen LogP contribution in [0.25, 0.3) is 17.0 Å². The summed E-state index contributed by atoms with van der Waals surface area (Å²) in [5.74, 6) is 1.46. The van der Waals surface area contributed by atoms with Crippen LogP contribution >= 0.6 is 27.5 Å². The highest BCUT2D eigenvalue weighted by atomic mass is 79.9. The summed E-state index contributed by atoms with van der Waals surface area (Å²) in [6, 6.07) is 5.70. The Bertz CT molecular complexity index is 759. The summed E-state index contributed by atoms with van der Waals surface area (Å²) in [6.07, 6.45) is 3.38. The van der Waals surface area contributed by atoms with Crippen LogP contribution in [-0.2, 0) is 0 Å². The van der Waals surface area contributed by atoms with E-state index in [1.807, 2.05) is 18.2 Å². The van der Waals surface area contributed by atoms with Gasteiger partial charge in [0.1, 0.15) is 5.75 Å². The molecule has 5 nitrogen and oxygen atoms in total. The first kappa shape index (κ1) is 12.4. The van der Waals surface area contributed by atoms with Crippen LogP contribution in [0, 0.1) is 0 Å². The van der Waals surface area contributed by atoms with Gasteiger partial charge in [-0.3, -0.25) is 4.40 Å². The molecule has 0 aliphatic carbocycles. The molecule has 0 unspecified atom stereocenters. The number of methoxy groups -OCH3 is 1. The number of nitrogens with zero attached hydrogens (tertiary/aromatic N) is 4. The third kappa shape index (κ3) is 2.06. The van der Waals surface area contributed by atoms with Crippen molar-refractivity contribution >= 4 is 33.2 Å². The molecule has 0 N–H and O–H groups in total. The number of aromatic nitrogens is 4. The molecule has 3 rings (SSSR count). The Morgan fingerprint density at radius 1 is 1.32 bits per heavy atom. The van der Waals surface area contributed by atoms with E-state index < -0.39 is 0 Å². The van der Waals surface area contributed by atoms with Gasteiger partial charge >= 0.3 is 0 Å². The zero-order valence-electron chi connectivity index (χ0n) is 9.84. The first-order chi connectivity index (χ1) is 9.20. The van der Waals surface area contributed by atoms with Crippen LogP contribution in [0.1, 0.15) is 0 Å². The van der Waals surface area contributed by atoms with Crippen molar-refractivity contribution in [2.24, 2.45) is 0 Å². The summed E-state index contributed by atoms with van der Waals surface area (Å²) in [4.78, 5) is 3.97. The Hall–Kier alpha value is -1.66. The van der Waals surface area contributed by atoms with Crippen molar-refractivity contribution in [1.29, 1.82) is 0 Å². The Morgan fingerprint density at radius 2 is 2.16 bits per heavy atom. The maximum Gasteiger partial charge on any atom is 0.198 e. The molecule has 0 saturated heterocycles. The van der Waals surface area contributed by atoms with Gasteiger partial charge in [0, 0.05) is 18.0 Å². The van der Waals surface area contributed by atoms with Crippen LogP contribution in [0.5, 0.6) is 5.75 Å². The predicted octanol–water partition coefficient (Wildman–Crippen LogP) is 3.22. The lowest BCUT2D eigenvalue weighted by Gasteiger charge is -2.05. The second kappa shape index (κ2) is 4.79.